The molecule has 6 heteroatoms. The number of fused-ring (bicyclic) bond motifs is 1. The van der Waals surface area contributed by atoms with Crippen LogP contribution >= 0.6 is 0 Å². The lowest BCUT2D eigenvalue weighted by Crippen LogP contribution is -2.39. The molecule has 1 aromatic rings. The van der Waals surface area contributed by atoms with Gasteiger partial charge in [0.2, 0.25) is 5.91 Å². The van der Waals surface area contributed by atoms with Gasteiger partial charge in [-0.3, -0.25) is 9.59 Å². The monoisotopic (exact) mass is 329 g/mol. The van der Waals surface area contributed by atoms with Crippen LogP contribution in [0.15, 0.2) is 36.4 Å². The Morgan fingerprint density at radius 1 is 1.42 bits per heavy atom. The number of methoxy groups -OCH3 is 1. The van der Waals surface area contributed by atoms with Gasteiger partial charge in [-0.05, 0) is 24.6 Å². The molecule has 126 valence electrons. The Balaban J connectivity index is 1.63. The molecule has 1 spiro atoms. The molecule has 2 bridgehead atoms. The average molecular weight is 329 g/mol. The Morgan fingerprint density at radius 2 is 2.12 bits per heavy atom. The smallest absolute Gasteiger partial charge is 0.310 e. The SMILES string of the molecule is COc1ccc([C@@H](C)N2C[C@@]34C=C[C@@H](O3)[C@@H](C(=O)O)[C@H]4C2=O)cc1. The number of nitrogens with zero attached hydrogens (tertiary/aromatic N) is 1. The summed E-state index contributed by atoms with van der Waals surface area (Å²) in [7, 11) is 1.61. The van der Waals surface area contributed by atoms with Gasteiger partial charge in [0.15, 0.2) is 0 Å². The van der Waals surface area contributed by atoms with Crippen molar-refractivity contribution in [3.05, 3.63) is 42.0 Å². The van der Waals surface area contributed by atoms with Gasteiger partial charge in [0.1, 0.15) is 17.3 Å². The molecule has 24 heavy (non-hydrogen) atoms. The van der Waals surface area contributed by atoms with Crippen molar-refractivity contribution in [1.29, 1.82) is 0 Å². The summed E-state index contributed by atoms with van der Waals surface area (Å²) in [6, 6.07) is 7.39. The molecule has 2 saturated heterocycles. The minimum absolute atomic E-state index is 0.141. The average Bonchev–Trinajstić information content (AvgIpc) is 3.22. The van der Waals surface area contributed by atoms with Crippen LogP contribution in [-0.4, -0.2) is 47.2 Å². The Kier molecular flexibility index (Phi) is 3.22. The van der Waals surface area contributed by atoms with Crippen LogP contribution in [0.1, 0.15) is 18.5 Å². The third kappa shape index (κ3) is 1.92. The predicted molar refractivity (Wildman–Crippen MR) is 84.5 cm³/mol. The Bertz CT molecular complexity index is 727. The zero-order valence-electron chi connectivity index (χ0n) is 13.5. The first-order valence-electron chi connectivity index (χ1n) is 8.01. The van der Waals surface area contributed by atoms with E-state index in [0.29, 0.717) is 6.54 Å². The van der Waals surface area contributed by atoms with Gasteiger partial charge in [-0.1, -0.05) is 24.3 Å². The molecule has 5 atom stereocenters. The number of aliphatic carboxylic acids is 1. The van der Waals surface area contributed by atoms with Crippen LogP contribution in [0.3, 0.4) is 0 Å². The van der Waals surface area contributed by atoms with Crippen LogP contribution in [0, 0.1) is 11.8 Å². The van der Waals surface area contributed by atoms with Crippen molar-refractivity contribution in [1.82, 2.24) is 4.90 Å². The lowest BCUT2D eigenvalue weighted by atomic mass is 9.77. The number of hydrogen-bond donors (Lipinski definition) is 1. The standard InChI is InChI=1S/C18H19NO5/c1-10(11-3-5-12(23-2)6-4-11)19-9-18-8-7-13(24-18)14(17(21)22)15(18)16(19)20/h3-8,10,13-15H,9H2,1-2H3,(H,21,22)/t10-,13-,14-,15+,18-/m1/s1. The highest BCUT2D eigenvalue weighted by Gasteiger charge is 2.67. The predicted octanol–water partition coefficient (Wildman–Crippen LogP) is 1.62. The molecule has 1 amide bonds. The van der Waals surface area contributed by atoms with E-state index in [1.165, 1.54) is 0 Å². The highest BCUT2D eigenvalue weighted by molar-refractivity contribution is 5.91. The summed E-state index contributed by atoms with van der Waals surface area (Å²) < 4.78 is 11.1. The van der Waals surface area contributed by atoms with Crippen molar-refractivity contribution >= 4 is 11.9 Å². The number of carbonyl (C=O) groups is 2. The van der Waals surface area contributed by atoms with E-state index in [9.17, 15) is 14.7 Å². The fourth-order valence-electron chi connectivity index (χ4n) is 4.20. The van der Waals surface area contributed by atoms with Gasteiger partial charge in [0.05, 0.1) is 31.7 Å². The molecular weight excluding hydrogens is 310 g/mol. The number of benzene rings is 1. The molecule has 0 aliphatic carbocycles. The van der Waals surface area contributed by atoms with Crippen LogP contribution in [0.25, 0.3) is 0 Å². The summed E-state index contributed by atoms with van der Waals surface area (Å²) in [5.74, 6) is -1.78. The molecule has 0 unspecified atom stereocenters. The van der Waals surface area contributed by atoms with E-state index >= 15 is 0 Å². The van der Waals surface area contributed by atoms with Gasteiger partial charge in [0, 0.05) is 0 Å². The number of amides is 1. The number of ether oxygens (including phenoxy) is 2. The van der Waals surface area contributed by atoms with Gasteiger partial charge >= 0.3 is 5.97 Å². The Hall–Kier alpha value is -2.34. The first-order valence-corrected chi connectivity index (χ1v) is 8.01. The van der Waals surface area contributed by atoms with Crippen molar-refractivity contribution in [2.24, 2.45) is 11.8 Å². The van der Waals surface area contributed by atoms with Gasteiger partial charge < -0.3 is 19.5 Å². The quantitative estimate of drug-likeness (QED) is 0.850. The largest absolute Gasteiger partial charge is 0.497 e. The van der Waals surface area contributed by atoms with Crippen molar-refractivity contribution < 1.29 is 24.2 Å². The summed E-state index contributed by atoms with van der Waals surface area (Å²) >= 11 is 0. The molecular formula is C18H19NO5. The van der Waals surface area contributed by atoms with Gasteiger partial charge in [0.25, 0.3) is 0 Å². The number of carbonyl (C=O) groups excluding carboxylic acids is 1. The van der Waals surface area contributed by atoms with E-state index < -0.39 is 29.5 Å². The van der Waals surface area contributed by atoms with Gasteiger partial charge in [-0.15, -0.1) is 0 Å². The summed E-state index contributed by atoms with van der Waals surface area (Å²) in [6.45, 7) is 2.34. The van der Waals surface area contributed by atoms with Crippen LogP contribution in [0.4, 0.5) is 0 Å². The van der Waals surface area contributed by atoms with E-state index in [2.05, 4.69) is 0 Å². The molecule has 0 aromatic heterocycles. The highest BCUT2D eigenvalue weighted by Crippen LogP contribution is 2.53. The van der Waals surface area contributed by atoms with Crippen LogP contribution in [0.5, 0.6) is 5.75 Å². The van der Waals surface area contributed by atoms with E-state index in [-0.39, 0.29) is 11.9 Å². The molecule has 0 radical (unpaired) electrons. The first-order chi connectivity index (χ1) is 11.5. The molecule has 4 rings (SSSR count). The third-order valence-electron chi connectivity index (χ3n) is 5.48. The first kappa shape index (κ1) is 15.2. The molecule has 3 aliphatic heterocycles. The lowest BCUT2D eigenvalue weighted by molar-refractivity contribution is -0.148. The summed E-state index contributed by atoms with van der Waals surface area (Å²) in [4.78, 5) is 26.3. The molecule has 1 aromatic carbocycles. The minimum atomic E-state index is -0.969. The zero-order valence-corrected chi connectivity index (χ0v) is 13.5. The minimum Gasteiger partial charge on any atom is -0.497 e. The molecule has 6 nitrogen and oxygen atoms in total. The topological polar surface area (TPSA) is 76.1 Å². The summed E-state index contributed by atoms with van der Waals surface area (Å²) in [5, 5.41) is 9.50. The van der Waals surface area contributed by atoms with E-state index in [4.69, 9.17) is 9.47 Å². The second-order valence-corrected chi connectivity index (χ2v) is 6.65. The molecule has 2 fully saturated rings. The number of hydrogen-bond acceptors (Lipinski definition) is 4. The van der Waals surface area contributed by atoms with E-state index in [1.54, 1.807) is 18.1 Å². The Morgan fingerprint density at radius 3 is 2.75 bits per heavy atom. The highest BCUT2D eigenvalue weighted by atomic mass is 16.5. The van der Waals surface area contributed by atoms with Crippen LogP contribution < -0.4 is 4.74 Å². The second-order valence-electron chi connectivity index (χ2n) is 6.65. The summed E-state index contributed by atoms with van der Waals surface area (Å²) in [5.41, 5.74) is 0.192. The number of rotatable bonds is 4. The van der Waals surface area contributed by atoms with Crippen molar-refractivity contribution in [2.75, 3.05) is 13.7 Å². The van der Waals surface area contributed by atoms with E-state index in [0.717, 1.165) is 11.3 Å². The Labute approximate surface area is 139 Å². The van der Waals surface area contributed by atoms with Crippen LogP contribution in [0.2, 0.25) is 0 Å². The number of carboxylic acids is 1. The maximum absolute atomic E-state index is 12.9. The molecule has 0 saturated carbocycles. The summed E-state index contributed by atoms with van der Waals surface area (Å²) in [6.07, 6.45) is 3.17. The fourth-order valence-corrected chi connectivity index (χ4v) is 4.20. The van der Waals surface area contributed by atoms with Gasteiger partial charge in [-0.25, -0.2) is 0 Å². The molecule has 1 N–H and O–H groups in total. The zero-order chi connectivity index (χ0) is 17.1. The number of carboxylic acid groups (broad SMARTS) is 1. The molecule has 3 heterocycles. The molecule has 3 aliphatic rings. The van der Waals surface area contributed by atoms with Crippen LogP contribution in [-0.2, 0) is 14.3 Å². The van der Waals surface area contributed by atoms with Crippen molar-refractivity contribution in [2.45, 2.75) is 24.7 Å². The second kappa shape index (κ2) is 5.08. The maximum Gasteiger partial charge on any atom is 0.310 e. The lowest BCUT2D eigenvalue weighted by Gasteiger charge is -2.27. The normalized spacial score (nSPS) is 34.5. The van der Waals surface area contributed by atoms with Crippen molar-refractivity contribution in [3.8, 4) is 5.75 Å². The number of likely N-dealkylation sites (tertiary alicyclic amines) is 1. The fraction of sp³-hybridized carbons (Fsp3) is 0.444. The third-order valence-corrected chi connectivity index (χ3v) is 5.48. The van der Waals surface area contributed by atoms with E-state index in [1.807, 2.05) is 37.3 Å². The van der Waals surface area contributed by atoms with Crippen molar-refractivity contribution in [3.63, 3.8) is 0 Å². The maximum atomic E-state index is 12.9. The van der Waals surface area contributed by atoms with Gasteiger partial charge in [-0.2, -0.15) is 0 Å².